The number of benzene rings is 1. The summed E-state index contributed by atoms with van der Waals surface area (Å²) < 4.78 is 0. The fourth-order valence-corrected chi connectivity index (χ4v) is 3.07. The van der Waals surface area contributed by atoms with E-state index in [0.29, 0.717) is 5.75 Å². The molecule has 0 amide bonds. The Morgan fingerprint density at radius 2 is 1.56 bits per heavy atom. The van der Waals surface area contributed by atoms with E-state index in [9.17, 15) is 0 Å². The normalized spacial score (nSPS) is 14.8. The molecule has 1 aromatic carbocycles. The third-order valence-electron chi connectivity index (χ3n) is 4.66. The zero-order valence-corrected chi connectivity index (χ0v) is 16.2. The molecule has 144 valence electrons. The Kier molecular flexibility index (Phi) is 13.3. The Bertz CT molecular complexity index is 399. The molecular formula is C21H39N3O. The summed E-state index contributed by atoms with van der Waals surface area (Å²) in [5, 5.41) is 12.4. The molecule has 0 radical (unpaired) electrons. The molecule has 1 fully saturated rings. The third kappa shape index (κ3) is 12.0. The number of nitrogens with two attached hydrogens (primary N) is 1. The Morgan fingerprint density at radius 1 is 0.960 bits per heavy atom. The van der Waals surface area contributed by atoms with Crippen molar-refractivity contribution in [2.24, 2.45) is 5.73 Å². The highest BCUT2D eigenvalue weighted by Crippen LogP contribution is 2.13. The van der Waals surface area contributed by atoms with Gasteiger partial charge in [0, 0.05) is 39.3 Å². The van der Waals surface area contributed by atoms with Gasteiger partial charge in [-0.15, -0.1) is 0 Å². The maximum absolute atomic E-state index is 9.15. The monoisotopic (exact) mass is 349 g/mol. The van der Waals surface area contributed by atoms with Gasteiger partial charge < -0.3 is 16.2 Å². The van der Waals surface area contributed by atoms with E-state index >= 15 is 0 Å². The van der Waals surface area contributed by atoms with Crippen LogP contribution in [0, 0.1) is 0 Å². The van der Waals surface area contributed by atoms with Crippen LogP contribution in [0.4, 0.5) is 0 Å². The zero-order chi connectivity index (χ0) is 18.2. The van der Waals surface area contributed by atoms with Crippen molar-refractivity contribution in [3.05, 3.63) is 29.8 Å². The van der Waals surface area contributed by atoms with Crippen LogP contribution in [0.2, 0.25) is 0 Å². The number of phenols is 1. The minimum absolute atomic E-state index is 0.364. The molecule has 4 nitrogen and oxygen atoms in total. The molecule has 4 heteroatoms. The van der Waals surface area contributed by atoms with E-state index in [4.69, 9.17) is 10.8 Å². The summed E-state index contributed by atoms with van der Waals surface area (Å²) >= 11 is 0. The molecule has 25 heavy (non-hydrogen) atoms. The van der Waals surface area contributed by atoms with Gasteiger partial charge in [0.05, 0.1) is 0 Å². The molecule has 0 aromatic heterocycles. The van der Waals surface area contributed by atoms with Crippen LogP contribution in [-0.4, -0.2) is 49.3 Å². The van der Waals surface area contributed by atoms with Crippen molar-refractivity contribution < 1.29 is 5.11 Å². The van der Waals surface area contributed by atoms with Crippen LogP contribution < -0.4 is 11.1 Å². The van der Waals surface area contributed by atoms with Gasteiger partial charge >= 0.3 is 0 Å². The van der Waals surface area contributed by atoms with Crippen molar-refractivity contribution in [2.45, 2.75) is 58.3 Å². The van der Waals surface area contributed by atoms with Crippen molar-refractivity contribution in [3.8, 4) is 5.75 Å². The first-order valence-electron chi connectivity index (χ1n) is 10.2. The quantitative estimate of drug-likeness (QED) is 0.566. The fraction of sp³-hybridized carbons (Fsp3) is 0.714. The van der Waals surface area contributed by atoms with Crippen LogP contribution >= 0.6 is 0 Å². The second-order valence-corrected chi connectivity index (χ2v) is 6.92. The van der Waals surface area contributed by atoms with Gasteiger partial charge in [0.15, 0.2) is 0 Å². The molecule has 4 N–H and O–H groups in total. The summed E-state index contributed by atoms with van der Waals surface area (Å²) in [5.74, 6) is 0.364. The molecule has 0 bridgehead atoms. The number of nitrogens with zero attached hydrogens (tertiary/aromatic N) is 1. The van der Waals surface area contributed by atoms with Gasteiger partial charge in [-0.2, -0.15) is 0 Å². The summed E-state index contributed by atoms with van der Waals surface area (Å²) in [5.41, 5.74) is 6.74. The zero-order valence-electron chi connectivity index (χ0n) is 16.2. The first kappa shape index (κ1) is 21.9. The number of phenolic OH excluding ortho intramolecular Hbond substituents is 1. The van der Waals surface area contributed by atoms with Crippen molar-refractivity contribution in [2.75, 3.05) is 39.3 Å². The summed E-state index contributed by atoms with van der Waals surface area (Å²) in [4.78, 5) is 2.39. The largest absolute Gasteiger partial charge is 0.508 e. The van der Waals surface area contributed by atoms with E-state index in [1.54, 1.807) is 12.1 Å². The standard InChI is InChI=1S/C15H24O.C6H15N3/c1-2-3-4-5-6-7-8-9-14-10-12-15(16)13-11-14;7-1-4-9-5-2-8-3-6-9/h10-13,16H,2-9H2,1H3;8H,1-7H2. The lowest BCUT2D eigenvalue weighted by molar-refractivity contribution is 0.247. The number of nitrogens with one attached hydrogen (secondary N) is 1. The van der Waals surface area contributed by atoms with Crippen LogP contribution in [0.25, 0.3) is 0 Å². The molecule has 0 atom stereocenters. The van der Waals surface area contributed by atoms with Gasteiger partial charge in [0.1, 0.15) is 5.75 Å². The van der Waals surface area contributed by atoms with E-state index in [0.717, 1.165) is 45.7 Å². The van der Waals surface area contributed by atoms with Gasteiger partial charge in [-0.05, 0) is 30.5 Å². The van der Waals surface area contributed by atoms with E-state index < -0.39 is 0 Å². The number of piperazine rings is 1. The van der Waals surface area contributed by atoms with Crippen LogP contribution in [0.5, 0.6) is 5.75 Å². The lowest BCUT2D eigenvalue weighted by Crippen LogP contribution is -2.45. The lowest BCUT2D eigenvalue weighted by Gasteiger charge is -2.26. The molecule has 0 spiro atoms. The smallest absolute Gasteiger partial charge is 0.115 e. The Balaban J connectivity index is 0.000000293. The predicted octanol–water partition coefficient (Wildman–Crippen LogP) is 3.54. The SMILES string of the molecule is CCCCCCCCCc1ccc(O)cc1.NCCN1CCNCC1. The number of hydrogen-bond acceptors (Lipinski definition) is 4. The van der Waals surface area contributed by atoms with E-state index in [2.05, 4.69) is 17.1 Å². The topological polar surface area (TPSA) is 61.5 Å². The highest BCUT2D eigenvalue weighted by molar-refractivity contribution is 5.25. The fourth-order valence-electron chi connectivity index (χ4n) is 3.07. The second-order valence-electron chi connectivity index (χ2n) is 6.92. The van der Waals surface area contributed by atoms with Crippen LogP contribution in [0.3, 0.4) is 0 Å². The molecule has 0 aliphatic carbocycles. The van der Waals surface area contributed by atoms with E-state index in [-0.39, 0.29) is 0 Å². The summed E-state index contributed by atoms with van der Waals surface area (Å²) in [6.45, 7) is 8.68. The van der Waals surface area contributed by atoms with Crippen molar-refractivity contribution in [1.29, 1.82) is 0 Å². The van der Waals surface area contributed by atoms with E-state index in [1.165, 1.54) is 50.5 Å². The highest BCUT2D eigenvalue weighted by Gasteiger charge is 2.06. The molecule has 0 unspecified atom stereocenters. The summed E-state index contributed by atoms with van der Waals surface area (Å²) in [6.07, 6.45) is 10.6. The highest BCUT2D eigenvalue weighted by atomic mass is 16.3. The van der Waals surface area contributed by atoms with Crippen LogP contribution in [-0.2, 0) is 6.42 Å². The third-order valence-corrected chi connectivity index (χ3v) is 4.66. The molecule has 1 aromatic rings. The number of rotatable bonds is 10. The van der Waals surface area contributed by atoms with Gasteiger partial charge in [-0.25, -0.2) is 0 Å². The van der Waals surface area contributed by atoms with E-state index in [1.807, 2.05) is 12.1 Å². The summed E-state index contributed by atoms with van der Waals surface area (Å²) in [6, 6.07) is 7.59. The second kappa shape index (κ2) is 15.2. The van der Waals surface area contributed by atoms with Gasteiger partial charge in [-0.3, -0.25) is 4.90 Å². The Hall–Kier alpha value is -1.10. The van der Waals surface area contributed by atoms with Crippen LogP contribution in [0.1, 0.15) is 57.4 Å². The Labute approximate surface area is 154 Å². The molecule has 1 saturated heterocycles. The number of hydrogen-bond donors (Lipinski definition) is 3. The van der Waals surface area contributed by atoms with Crippen molar-refractivity contribution in [1.82, 2.24) is 10.2 Å². The molecule has 1 aliphatic heterocycles. The average Bonchev–Trinajstić information content (AvgIpc) is 2.64. The maximum Gasteiger partial charge on any atom is 0.115 e. The first-order chi connectivity index (χ1) is 12.3. The number of aryl methyl sites for hydroxylation is 1. The van der Waals surface area contributed by atoms with Gasteiger partial charge in [0.2, 0.25) is 0 Å². The number of aromatic hydroxyl groups is 1. The van der Waals surface area contributed by atoms with Crippen molar-refractivity contribution in [3.63, 3.8) is 0 Å². The summed E-state index contributed by atoms with van der Waals surface area (Å²) in [7, 11) is 0. The minimum atomic E-state index is 0.364. The molecule has 0 saturated carbocycles. The predicted molar refractivity (Wildman–Crippen MR) is 108 cm³/mol. The molecular weight excluding hydrogens is 310 g/mol. The maximum atomic E-state index is 9.15. The molecule has 1 heterocycles. The van der Waals surface area contributed by atoms with Crippen molar-refractivity contribution >= 4 is 0 Å². The minimum Gasteiger partial charge on any atom is -0.508 e. The lowest BCUT2D eigenvalue weighted by atomic mass is 10.0. The molecule has 1 aliphatic rings. The van der Waals surface area contributed by atoms with Gasteiger partial charge in [-0.1, -0.05) is 57.6 Å². The van der Waals surface area contributed by atoms with Gasteiger partial charge in [0.25, 0.3) is 0 Å². The number of unbranched alkanes of at least 4 members (excludes halogenated alkanes) is 6. The first-order valence-corrected chi connectivity index (χ1v) is 10.2. The average molecular weight is 350 g/mol. The van der Waals surface area contributed by atoms with Crippen LogP contribution in [0.15, 0.2) is 24.3 Å². The Morgan fingerprint density at radius 3 is 2.16 bits per heavy atom. The molecule has 2 rings (SSSR count).